The van der Waals surface area contributed by atoms with E-state index in [0.29, 0.717) is 31.4 Å². The van der Waals surface area contributed by atoms with Crippen LogP contribution in [0.15, 0.2) is 30.3 Å². The molecule has 5 N–H and O–H groups in total. The van der Waals surface area contributed by atoms with Gasteiger partial charge in [-0.2, -0.15) is 0 Å². The number of urea groups is 1. The van der Waals surface area contributed by atoms with Crippen LogP contribution in [0.1, 0.15) is 91.5 Å². The van der Waals surface area contributed by atoms with Gasteiger partial charge in [0.15, 0.2) is 9.84 Å². The van der Waals surface area contributed by atoms with Crippen molar-refractivity contribution in [3.63, 3.8) is 0 Å². The van der Waals surface area contributed by atoms with Gasteiger partial charge in [0, 0.05) is 6.54 Å². The minimum Gasteiger partial charge on any atom is -0.363 e. The van der Waals surface area contributed by atoms with Crippen LogP contribution >= 0.6 is 0 Å². The molecule has 5 amide bonds. The number of ketones is 1. The second-order valence-electron chi connectivity index (χ2n) is 16.6. The highest BCUT2D eigenvalue weighted by atomic mass is 32.2. The lowest BCUT2D eigenvalue weighted by Gasteiger charge is -2.40. The van der Waals surface area contributed by atoms with E-state index in [-0.39, 0.29) is 34.7 Å². The van der Waals surface area contributed by atoms with Gasteiger partial charge in [-0.1, -0.05) is 97.1 Å². The molecule has 49 heavy (non-hydrogen) atoms. The number of likely N-dealkylation sites (tertiary alicyclic amines) is 1. The van der Waals surface area contributed by atoms with Gasteiger partial charge in [0.2, 0.25) is 17.6 Å². The van der Waals surface area contributed by atoms with E-state index >= 15 is 0 Å². The van der Waals surface area contributed by atoms with Gasteiger partial charge in [0.05, 0.1) is 23.1 Å². The number of piperidine rings is 1. The second-order valence-corrected chi connectivity index (χ2v) is 18.7. The molecule has 1 saturated heterocycles. The number of nitrogens with one attached hydrogen (secondary N) is 3. The SMILES string of the molecule is CC(C)(C)[C@H](NC(=O)NC1(CS(=O)(=O)Cc2ccccc2)CCCCC1)C(=O)N1C[C@H]2[C@@H]([C@H]1C(=O)NC(CC1CC1)C(=O)C(N)=O)C2(C)C. The van der Waals surface area contributed by atoms with E-state index in [9.17, 15) is 32.4 Å². The lowest BCUT2D eigenvalue weighted by atomic mass is 9.83. The highest BCUT2D eigenvalue weighted by molar-refractivity contribution is 7.90. The fraction of sp³-hybridized carbons (Fsp3) is 0.694. The van der Waals surface area contributed by atoms with Crippen LogP contribution < -0.4 is 21.7 Å². The van der Waals surface area contributed by atoms with Gasteiger partial charge in [0.1, 0.15) is 12.1 Å². The molecule has 1 unspecified atom stereocenters. The van der Waals surface area contributed by atoms with Crippen LogP contribution in [0.5, 0.6) is 0 Å². The van der Waals surface area contributed by atoms with Gasteiger partial charge in [-0.3, -0.25) is 19.2 Å². The smallest absolute Gasteiger partial charge is 0.315 e. The second kappa shape index (κ2) is 13.7. The standard InChI is InChI=1S/C36H53N5O7S/c1-34(2,3)29(39-33(46)40-36(16-10-7-11-17-36)21-49(47,48)20-23-12-8-6-9-13-23)32(45)41-19-24-26(35(24,4)5)27(41)31(44)38-25(18-22-14-15-22)28(42)30(37)43/h6,8-9,12-13,22,24-27,29H,7,10-11,14-21H2,1-5H3,(H2,37,43)(H,38,44)(H2,39,40,46)/t24-,25?,26-,27-,29+/m0/s1. The van der Waals surface area contributed by atoms with Crippen molar-refractivity contribution in [1.82, 2.24) is 20.9 Å². The van der Waals surface area contributed by atoms with E-state index in [0.717, 1.165) is 32.1 Å². The minimum absolute atomic E-state index is 0.0516. The third-order valence-corrected chi connectivity index (χ3v) is 13.0. The topological polar surface area (TPSA) is 185 Å². The molecule has 13 heteroatoms. The quantitative estimate of drug-likeness (QED) is 0.228. The molecule has 5 atom stereocenters. The number of hydrogen-bond donors (Lipinski definition) is 4. The number of carbonyl (C=O) groups excluding carboxylic acids is 5. The normalized spacial score (nSPS) is 25.3. The number of benzene rings is 1. The van der Waals surface area contributed by atoms with Gasteiger partial charge in [-0.15, -0.1) is 0 Å². The summed E-state index contributed by atoms with van der Waals surface area (Å²) in [6.07, 6.45) is 5.62. The Morgan fingerprint density at radius 1 is 0.980 bits per heavy atom. The molecule has 4 fully saturated rings. The molecule has 270 valence electrons. The monoisotopic (exact) mass is 699 g/mol. The first-order valence-electron chi connectivity index (χ1n) is 17.6. The van der Waals surface area contributed by atoms with Crippen molar-refractivity contribution in [3.8, 4) is 0 Å². The number of sulfone groups is 1. The molecule has 1 aromatic rings. The first-order valence-corrected chi connectivity index (χ1v) is 19.4. The summed E-state index contributed by atoms with van der Waals surface area (Å²) in [4.78, 5) is 68.1. The number of fused-ring (bicyclic) bond motifs is 1. The average Bonchev–Trinajstić information content (AvgIpc) is 3.86. The number of nitrogens with two attached hydrogens (primary N) is 1. The molecule has 12 nitrogen and oxygen atoms in total. The molecule has 0 aromatic heterocycles. The summed E-state index contributed by atoms with van der Waals surface area (Å²) >= 11 is 0. The molecular weight excluding hydrogens is 646 g/mol. The van der Waals surface area contributed by atoms with Gasteiger partial charge in [0.25, 0.3) is 5.91 Å². The predicted molar refractivity (Wildman–Crippen MR) is 184 cm³/mol. The molecule has 4 aliphatic rings. The van der Waals surface area contributed by atoms with Crippen LogP contribution in [-0.4, -0.2) is 78.8 Å². The summed E-state index contributed by atoms with van der Waals surface area (Å²) in [5.74, 6) is -3.12. The third-order valence-electron chi connectivity index (χ3n) is 11.2. The Morgan fingerprint density at radius 2 is 1.61 bits per heavy atom. The summed E-state index contributed by atoms with van der Waals surface area (Å²) in [6.45, 7) is 9.87. The highest BCUT2D eigenvalue weighted by Crippen LogP contribution is 2.65. The van der Waals surface area contributed by atoms with Crippen LogP contribution in [0.2, 0.25) is 0 Å². The van der Waals surface area contributed by atoms with Crippen molar-refractivity contribution in [3.05, 3.63) is 35.9 Å². The highest BCUT2D eigenvalue weighted by Gasteiger charge is 2.70. The molecule has 0 spiro atoms. The third kappa shape index (κ3) is 8.46. The van der Waals surface area contributed by atoms with Gasteiger partial charge in [-0.25, -0.2) is 13.2 Å². The fourth-order valence-corrected chi connectivity index (χ4v) is 10.2. The molecular formula is C36H53N5O7S. The largest absolute Gasteiger partial charge is 0.363 e. The maximum Gasteiger partial charge on any atom is 0.315 e. The predicted octanol–water partition coefficient (Wildman–Crippen LogP) is 2.84. The molecule has 3 saturated carbocycles. The van der Waals surface area contributed by atoms with Gasteiger partial charge in [-0.05, 0) is 53.4 Å². The molecule has 1 aromatic carbocycles. The van der Waals surface area contributed by atoms with E-state index < -0.39 is 68.5 Å². The maximum absolute atomic E-state index is 14.4. The average molecular weight is 700 g/mol. The molecule has 0 bridgehead atoms. The summed E-state index contributed by atoms with van der Waals surface area (Å²) < 4.78 is 26.8. The summed E-state index contributed by atoms with van der Waals surface area (Å²) in [6, 6.07) is 5.34. The van der Waals surface area contributed by atoms with Gasteiger partial charge >= 0.3 is 6.03 Å². The number of amides is 5. The number of nitrogens with zero attached hydrogens (tertiary/aromatic N) is 1. The molecule has 1 aliphatic heterocycles. The number of hydrogen-bond acceptors (Lipinski definition) is 7. The number of primary amides is 1. The van der Waals surface area contributed by atoms with Gasteiger partial charge < -0.3 is 26.6 Å². The van der Waals surface area contributed by atoms with Crippen molar-refractivity contribution in [2.24, 2.45) is 34.3 Å². The van der Waals surface area contributed by atoms with Crippen LogP contribution in [0.25, 0.3) is 0 Å². The lowest BCUT2D eigenvalue weighted by Crippen LogP contribution is -2.64. The first-order chi connectivity index (χ1) is 22.8. The van der Waals surface area contributed by atoms with Crippen LogP contribution in [0.3, 0.4) is 0 Å². The zero-order valence-corrected chi connectivity index (χ0v) is 30.2. The lowest BCUT2D eigenvalue weighted by molar-refractivity contribution is -0.145. The number of Topliss-reactive ketones (excluding diaryl/α,β-unsaturated/α-hetero) is 1. The Labute approximate surface area is 290 Å². The van der Waals surface area contributed by atoms with Crippen molar-refractivity contribution in [2.45, 2.75) is 115 Å². The van der Waals surface area contributed by atoms with Crippen LogP contribution in [0, 0.1) is 28.6 Å². The Kier molecular flexibility index (Phi) is 10.3. The molecule has 1 heterocycles. The van der Waals surface area contributed by atoms with Crippen LogP contribution in [-0.2, 0) is 34.8 Å². The fourth-order valence-electron chi connectivity index (χ4n) is 8.22. The Morgan fingerprint density at radius 3 is 2.18 bits per heavy atom. The van der Waals surface area contributed by atoms with E-state index in [4.69, 9.17) is 5.73 Å². The van der Waals surface area contributed by atoms with E-state index in [1.165, 1.54) is 4.90 Å². The summed E-state index contributed by atoms with van der Waals surface area (Å²) in [7, 11) is -3.59. The zero-order chi connectivity index (χ0) is 35.9. The Hall–Kier alpha value is -3.48. The molecule has 3 aliphatic carbocycles. The summed E-state index contributed by atoms with van der Waals surface area (Å²) in [5, 5.41) is 8.64. The van der Waals surface area contributed by atoms with Crippen LogP contribution in [0.4, 0.5) is 4.79 Å². The minimum atomic E-state index is -3.59. The van der Waals surface area contributed by atoms with Crippen molar-refractivity contribution < 1.29 is 32.4 Å². The van der Waals surface area contributed by atoms with Crippen molar-refractivity contribution >= 4 is 39.4 Å². The van der Waals surface area contributed by atoms with E-state index in [1.54, 1.807) is 24.3 Å². The number of carbonyl (C=O) groups is 5. The summed E-state index contributed by atoms with van der Waals surface area (Å²) in [5.41, 5.74) is 4.03. The van der Waals surface area contributed by atoms with Crippen molar-refractivity contribution in [1.29, 1.82) is 0 Å². The Bertz CT molecular complexity index is 1560. The van der Waals surface area contributed by atoms with Crippen molar-refractivity contribution in [2.75, 3.05) is 12.3 Å². The molecule has 0 radical (unpaired) electrons. The van der Waals surface area contributed by atoms with E-state index in [2.05, 4.69) is 16.0 Å². The first kappa shape index (κ1) is 36.8. The Balaban J connectivity index is 1.33. The maximum atomic E-state index is 14.4. The van der Waals surface area contributed by atoms with E-state index in [1.807, 2.05) is 40.7 Å². The zero-order valence-electron chi connectivity index (χ0n) is 29.4. The number of rotatable bonds is 13. The molecule has 5 rings (SSSR count).